The molecule has 0 amide bonds. The zero-order valence-electron chi connectivity index (χ0n) is 10.7. The minimum atomic E-state index is 0. The Bertz CT molecular complexity index is 345. The summed E-state index contributed by atoms with van der Waals surface area (Å²) in [5.41, 5.74) is 5.84. The van der Waals surface area contributed by atoms with Gasteiger partial charge in [-0.05, 0) is 37.2 Å². The van der Waals surface area contributed by atoms with Crippen molar-refractivity contribution in [3.63, 3.8) is 0 Å². The van der Waals surface area contributed by atoms with E-state index in [2.05, 4.69) is 4.90 Å². The molecule has 1 heterocycles. The molecule has 2 rings (SSSR count). The molecule has 1 aliphatic rings. The van der Waals surface area contributed by atoms with Crippen LogP contribution in [0.2, 0.25) is 0 Å². The first-order valence-corrected chi connectivity index (χ1v) is 6.03. The summed E-state index contributed by atoms with van der Waals surface area (Å²) in [6, 6.07) is 8.00. The van der Waals surface area contributed by atoms with E-state index in [1.54, 1.807) is 7.11 Å². The average molecular weight is 273 g/mol. The van der Waals surface area contributed by atoms with Crippen LogP contribution < -0.4 is 15.2 Å². The molecule has 1 aromatic carbocycles. The van der Waals surface area contributed by atoms with E-state index in [4.69, 9.17) is 15.2 Å². The number of hydrogen-bond donors (Lipinski definition) is 1. The Labute approximate surface area is 114 Å². The zero-order chi connectivity index (χ0) is 12.1. The van der Waals surface area contributed by atoms with E-state index in [-0.39, 0.29) is 12.4 Å². The van der Waals surface area contributed by atoms with Crippen LogP contribution in [0.25, 0.3) is 0 Å². The highest BCUT2D eigenvalue weighted by Crippen LogP contribution is 2.17. The van der Waals surface area contributed by atoms with Crippen LogP contribution in [-0.4, -0.2) is 44.3 Å². The van der Waals surface area contributed by atoms with Gasteiger partial charge >= 0.3 is 0 Å². The molecule has 0 bridgehead atoms. The van der Waals surface area contributed by atoms with Crippen molar-refractivity contribution in [2.45, 2.75) is 12.5 Å². The average Bonchev–Trinajstić information content (AvgIpc) is 2.76. The molecule has 0 saturated carbocycles. The highest BCUT2D eigenvalue weighted by Gasteiger charge is 2.18. The number of likely N-dealkylation sites (tertiary alicyclic amines) is 1. The van der Waals surface area contributed by atoms with E-state index in [9.17, 15) is 0 Å². The number of nitrogens with zero attached hydrogens (tertiary/aromatic N) is 1. The summed E-state index contributed by atoms with van der Waals surface area (Å²) in [5, 5.41) is 0. The number of hydrogen-bond acceptors (Lipinski definition) is 4. The van der Waals surface area contributed by atoms with Crippen molar-refractivity contribution >= 4 is 12.4 Å². The summed E-state index contributed by atoms with van der Waals surface area (Å²) in [6.45, 7) is 3.73. The van der Waals surface area contributed by atoms with E-state index in [0.29, 0.717) is 12.6 Å². The fourth-order valence-corrected chi connectivity index (χ4v) is 2.03. The second-order valence-electron chi connectivity index (χ2n) is 4.37. The van der Waals surface area contributed by atoms with Gasteiger partial charge in [0.15, 0.2) is 0 Å². The van der Waals surface area contributed by atoms with Gasteiger partial charge in [-0.2, -0.15) is 0 Å². The Kier molecular flexibility index (Phi) is 6.25. The quantitative estimate of drug-likeness (QED) is 0.883. The van der Waals surface area contributed by atoms with Crippen molar-refractivity contribution in [1.29, 1.82) is 0 Å². The molecule has 1 saturated heterocycles. The first kappa shape index (κ1) is 15.1. The van der Waals surface area contributed by atoms with Crippen LogP contribution in [0.15, 0.2) is 24.3 Å². The second kappa shape index (κ2) is 7.46. The van der Waals surface area contributed by atoms with Crippen LogP contribution in [0, 0.1) is 0 Å². The second-order valence-corrected chi connectivity index (χ2v) is 4.37. The lowest BCUT2D eigenvalue weighted by molar-refractivity contribution is 0.236. The van der Waals surface area contributed by atoms with Crippen molar-refractivity contribution in [3.8, 4) is 11.5 Å². The number of methoxy groups -OCH3 is 1. The third-order valence-electron chi connectivity index (χ3n) is 3.04. The molecule has 0 unspecified atom stereocenters. The molecule has 0 aromatic heterocycles. The zero-order valence-corrected chi connectivity index (χ0v) is 11.5. The molecule has 5 heteroatoms. The predicted octanol–water partition coefficient (Wildman–Crippen LogP) is 1.53. The lowest BCUT2D eigenvalue weighted by Crippen LogP contribution is -2.29. The number of halogens is 1. The summed E-state index contributed by atoms with van der Waals surface area (Å²) in [7, 11) is 1.66. The van der Waals surface area contributed by atoms with Gasteiger partial charge in [-0.3, -0.25) is 4.90 Å². The van der Waals surface area contributed by atoms with Crippen LogP contribution >= 0.6 is 12.4 Å². The standard InChI is InChI=1S/C13H20N2O2.ClH/c1-16-12-2-4-13(5-3-12)17-9-8-15-7-6-11(14)10-15;/h2-5,11H,6-10,14H2,1H3;1H/t11-;/m1./s1. The lowest BCUT2D eigenvalue weighted by Gasteiger charge is -2.15. The predicted molar refractivity (Wildman–Crippen MR) is 74.8 cm³/mol. The maximum absolute atomic E-state index is 5.84. The fourth-order valence-electron chi connectivity index (χ4n) is 2.03. The van der Waals surface area contributed by atoms with Gasteiger partial charge in [0.25, 0.3) is 0 Å². The Morgan fingerprint density at radius 3 is 2.50 bits per heavy atom. The smallest absolute Gasteiger partial charge is 0.119 e. The molecule has 18 heavy (non-hydrogen) atoms. The molecule has 102 valence electrons. The van der Waals surface area contributed by atoms with Crippen LogP contribution in [0.4, 0.5) is 0 Å². The monoisotopic (exact) mass is 272 g/mol. The summed E-state index contributed by atoms with van der Waals surface area (Å²) >= 11 is 0. The van der Waals surface area contributed by atoms with Crippen molar-refractivity contribution < 1.29 is 9.47 Å². The first-order chi connectivity index (χ1) is 8.28. The van der Waals surface area contributed by atoms with Crippen molar-refractivity contribution in [3.05, 3.63) is 24.3 Å². The molecule has 0 spiro atoms. The number of rotatable bonds is 5. The van der Waals surface area contributed by atoms with Crippen molar-refractivity contribution in [2.24, 2.45) is 5.73 Å². The largest absolute Gasteiger partial charge is 0.497 e. The van der Waals surface area contributed by atoms with Gasteiger partial charge in [0.2, 0.25) is 0 Å². The third kappa shape index (κ3) is 4.37. The number of nitrogens with two attached hydrogens (primary N) is 1. The van der Waals surface area contributed by atoms with E-state index < -0.39 is 0 Å². The van der Waals surface area contributed by atoms with Gasteiger partial charge in [0.05, 0.1) is 7.11 Å². The highest BCUT2D eigenvalue weighted by molar-refractivity contribution is 5.85. The molecule has 1 aliphatic heterocycles. The minimum Gasteiger partial charge on any atom is -0.497 e. The topological polar surface area (TPSA) is 47.7 Å². The Balaban J connectivity index is 0.00000162. The number of ether oxygens (including phenoxy) is 2. The maximum atomic E-state index is 5.84. The molecular weight excluding hydrogens is 252 g/mol. The van der Waals surface area contributed by atoms with Crippen molar-refractivity contribution in [1.82, 2.24) is 4.90 Å². The molecule has 1 atom stereocenters. The molecule has 1 aromatic rings. The minimum absolute atomic E-state index is 0. The highest BCUT2D eigenvalue weighted by atomic mass is 35.5. The normalized spacial score (nSPS) is 19.3. The van der Waals surface area contributed by atoms with Gasteiger partial charge in [0.1, 0.15) is 18.1 Å². The van der Waals surface area contributed by atoms with E-state index >= 15 is 0 Å². The van der Waals surface area contributed by atoms with Crippen LogP contribution in [0.5, 0.6) is 11.5 Å². The maximum Gasteiger partial charge on any atom is 0.119 e. The lowest BCUT2D eigenvalue weighted by atomic mass is 10.3. The van der Waals surface area contributed by atoms with Gasteiger partial charge in [-0.25, -0.2) is 0 Å². The van der Waals surface area contributed by atoms with Gasteiger partial charge in [0, 0.05) is 19.1 Å². The Morgan fingerprint density at radius 1 is 1.28 bits per heavy atom. The molecule has 0 aliphatic carbocycles. The van der Waals surface area contributed by atoms with Crippen LogP contribution in [-0.2, 0) is 0 Å². The Morgan fingerprint density at radius 2 is 1.94 bits per heavy atom. The number of benzene rings is 1. The van der Waals surface area contributed by atoms with Crippen LogP contribution in [0.3, 0.4) is 0 Å². The van der Waals surface area contributed by atoms with E-state index in [0.717, 1.165) is 37.6 Å². The van der Waals surface area contributed by atoms with E-state index in [1.165, 1.54) is 0 Å². The summed E-state index contributed by atoms with van der Waals surface area (Å²) in [5.74, 6) is 1.73. The van der Waals surface area contributed by atoms with Gasteiger partial charge in [-0.15, -0.1) is 12.4 Å². The van der Waals surface area contributed by atoms with Crippen LogP contribution in [0.1, 0.15) is 6.42 Å². The fraction of sp³-hybridized carbons (Fsp3) is 0.538. The molecule has 4 nitrogen and oxygen atoms in total. The first-order valence-electron chi connectivity index (χ1n) is 6.03. The summed E-state index contributed by atoms with van der Waals surface area (Å²) < 4.78 is 10.8. The SMILES string of the molecule is COc1ccc(OCCN2CC[C@@H](N)C2)cc1.Cl. The summed E-state index contributed by atoms with van der Waals surface area (Å²) in [4.78, 5) is 2.34. The van der Waals surface area contributed by atoms with Gasteiger partial charge in [-0.1, -0.05) is 0 Å². The van der Waals surface area contributed by atoms with Crippen molar-refractivity contribution in [2.75, 3.05) is 33.4 Å². The molecule has 0 radical (unpaired) electrons. The molecule has 2 N–H and O–H groups in total. The molecular formula is C13H21ClN2O2. The summed E-state index contributed by atoms with van der Waals surface area (Å²) in [6.07, 6.45) is 1.10. The van der Waals surface area contributed by atoms with Gasteiger partial charge < -0.3 is 15.2 Å². The Hall–Kier alpha value is -0.970. The van der Waals surface area contributed by atoms with E-state index in [1.807, 2.05) is 24.3 Å². The molecule has 1 fully saturated rings. The third-order valence-corrected chi connectivity index (χ3v) is 3.04.